The van der Waals surface area contributed by atoms with Crippen LogP contribution in [-0.4, -0.2) is 22.0 Å². The number of aryl methyl sites for hydroxylation is 2. The van der Waals surface area contributed by atoms with Crippen LogP contribution in [0, 0.1) is 6.92 Å². The molecule has 0 atom stereocenters. The van der Waals surface area contributed by atoms with Crippen molar-refractivity contribution in [2.75, 3.05) is 12.0 Å². The van der Waals surface area contributed by atoms with Gasteiger partial charge in [0.15, 0.2) is 0 Å². The first-order chi connectivity index (χ1) is 9.61. The van der Waals surface area contributed by atoms with Gasteiger partial charge < -0.3 is 15.3 Å². The van der Waals surface area contributed by atoms with E-state index in [2.05, 4.69) is 15.7 Å². The van der Waals surface area contributed by atoms with E-state index in [0.717, 1.165) is 17.1 Å². The number of benzene rings is 1. The maximum Gasteiger partial charge on any atom is 0.251 e. The molecule has 6 nitrogen and oxygen atoms in total. The normalized spacial score (nSPS) is 10.3. The smallest absolute Gasteiger partial charge is 0.251 e. The highest BCUT2D eigenvalue weighted by Crippen LogP contribution is 2.14. The van der Waals surface area contributed by atoms with Gasteiger partial charge in [0.2, 0.25) is 0 Å². The molecule has 2 aromatic rings. The number of nitrogens with two attached hydrogens (primary N) is 1. The number of anilines is 1. The molecule has 106 valence electrons. The van der Waals surface area contributed by atoms with Gasteiger partial charge in [-0.25, -0.2) is 4.98 Å². The van der Waals surface area contributed by atoms with Crippen molar-refractivity contribution in [3.63, 3.8) is 0 Å². The molecule has 0 aliphatic heterocycles. The van der Waals surface area contributed by atoms with Crippen molar-refractivity contribution in [2.45, 2.75) is 13.3 Å². The Morgan fingerprint density at radius 1 is 1.45 bits per heavy atom. The van der Waals surface area contributed by atoms with E-state index in [1.54, 1.807) is 18.3 Å². The first-order valence-corrected chi connectivity index (χ1v) is 6.43. The number of carbonyl (C=O) groups is 1. The number of rotatable bonds is 5. The van der Waals surface area contributed by atoms with Gasteiger partial charge in [-0.05, 0) is 30.7 Å². The molecule has 0 unspecified atom stereocenters. The second kappa shape index (κ2) is 6.21. The van der Waals surface area contributed by atoms with E-state index in [4.69, 9.17) is 5.84 Å². The summed E-state index contributed by atoms with van der Waals surface area (Å²) < 4.78 is 1.94. The first kappa shape index (κ1) is 14.1. The van der Waals surface area contributed by atoms with Crippen LogP contribution in [0.5, 0.6) is 0 Å². The Hall–Kier alpha value is -2.34. The van der Waals surface area contributed by atoms with Gasteiger partial charge in [0, 0.05) is 43.7 Å². The molecule has 1 amide bonds. The minimum absolute atomic E-state index is 0.0831. The van der Waals surface area contributed by atoms with Crippen LogP contribution in [0.3, 0.4) is 0 Å². The number of imidazole rings is 1. The van der Waals surface area contributed by atoms with E-state index in [9.17, 15) is 4.79 Å². The minimum Gasteiger partial charge on any atom is -0.352 e. The second-order valence-electron chi connectivity index (χ2n) is 4.63. The summed E-state index contributed by atoms with van der Waals surface area (Å²) in [7, 11) is 1.94. The Balaban J connectivity index is 1.93. The molecular formula is C14H19N5O. The summed E-state index contributed by atoms with van der Waals surface area (Å²) in [5.74, 6) is 6.20. The summed E-state index contributed by atoms with van der Waals surface area (Å²) in [4.78, 5) is 16.3. The number of nitrogens with one attached hydrogen (secondary N) is 2. The van der Waals surface area contributed by atoms with Gasteiger partial charge in [-0.3, -0.25) is 10.6 Å². The summed E-state index contributed by atoms with van der Waals surface area (Å²) in [6.45, 7) is 2.44. The summed E-state index contributed by atoms with van der Waals surface area (Å²) in [5, 5.41) is 2.90. The summed E-state index contributed by atoms with van der Waals surface area (Å²) in [6, 6.07) is 5.38. The van der Waals surface area contributed by atoms with Crippen molar-refractivity contribution in [1.82, 2.24) is 14.9 Å². The molecule has 0 aliphatic carbocycles. The highest BCUT2D eigenvalue weighted by molar-refractivity contribution is 5.96. The van der Waals surface area contributed by atoms with Crippen molar-refractivity contribution in [3.8, 4) is 0 Å². The molecule has 0 spiro atoms. The molecule has 0 radical (unpaired) electrons. The minimum atomic E-state index is -0.0831. The van der Waals surface area contributed by atoms with Gasteiger partial charge in [-0.2, -0.15) is 0 Å². The Morgan fingerprint density at radius 3 is 2.85 bits per heavy atom. The third-order valence-corrected chi connectivity index (χ3v) is 3.19. The van der Waals surface area contributed by atoms with Gasteiger partial charge in [-0.1, -0.05) is 0 Å². The zero-order valence-corrected chi connectivity index (χ0v) is 11.7. The quantitative estimate of drug-likeness (QED) is 0.560. The van der Waals surface area contributed by atoms with Gasteiger partial charge >= 0.3 is 0 Å². The predicted octanol–water partition coefficient (Wildman–Crippen LogP) is 0.987. The third-order valence-electron chi connectivity index (χ3n) is 3.19. The van der Waals surface area contributed by atoms with Crippen LogP contribution in [0.1, 0.15) is 21.7 Å². The maximum atomic E-state index is 12.1. The molecule has 20 heavy (non-hydrogen) atoms. The van der Waals surface area contributed by atoms with Crippen molar-refractivity contribution in [3.05, 3.63) is 47.5 Å². The zero-order valence-electron chi connectivity index (χ0n) is 11.7. The largest absolute Gasteiger partial charge is 0.352 e. The molecule has 0 saturated carbocycles. The lowest BCUT2D eigenvalue weighted by atomic mass is 10.1. The molecule has 1 aromatic heterocycles. The van der Waals surface area contributed by atoms with Crippen LogP contribution < -0.4 is 16.6 Å². The molecule has 4 N–H and O–H groups in total. The molecule has 2 rings (SSSR count). The van der Waals surface area contributed by atoms with Crippen LogP contribution in [0.4, 0.5) is 5.69 Å². The zero-order chi connectivity index (χ0) is 14.5. The van der Waals surface area contributed by atoms with Crippen molar-refractivity contribution in [2.24, 2.45) is 12.9 Å². The molecule has 0 fully saturated rings. The van der Waals surface area contributed by atoms with Gasteiger partial charge in [-0.15, -0.1) is 0 Å². The molecule has 0 saturated heterocycles. The molecule has 1 heterocycles. The second-order valence-corrected chi connectivity index (χ2v) is 4.63. The monoisotopic (exact) mass is 273 g/mol. The number of hydrogen-bond acceptors (Lipinski definition) is 4. The van der Waals surface area contributed by atoms with Crippen LogP contribution in [0.25, 0.3) is 0 Å². The number of hydrazine groups is 1. The van der Waals surface area contributed by atoms with E-state index in [1.165, 1.54) is 0 Å². The van der Waals surface area contributed by atoms with Crippen LogP contribution >= 0.6 is 0 Å². The van der Waals surface area contributed by atoms with E-state index >= 15 is 0 Å². The lowest BCUT2D eigenvalue weighted by molar-refractivity contribution is 0.0953. The lowest BCUT2D eigenvalue weighted by Crippen LogP contribution is -2.27. The average Bonchev–Trinajstić information content (AvgIpc) is 2.84. The average molecular weight is 273 g/mol. The number of amides is 1. The Labute approximate surface area is 118 Å². The summed E-state index contributed by atoms with van der Waals surface area (Å²) >= 11 is 0. The third kappa shape index (κ3) is 3.16. The Morgan fingerprint density at radius 2 is 2.25 bits per heavy atom. The molecule has 0 aliphatic rings. The van der Waals surface area contributed by atoms with Gasteiger partial charge in [0.25, 0.3) is 5.91 Å². The van der Waals surface area contributed by atoms with E-state index in [0.29, 0.717) is 18.5 Å². The van der Waals surface area contributed by atoms with Crippen molar-refractivity contribution in [1.29, 1.82) is 0 Å². The van der Waals surface area contributed by atoms with Crippen LogP contribution in [0.15, 0.2) is 30.6 Å². The summed E-state index contributed by atoms with van der Waals surface area (Å²) in [6.07, 6.45) is 4.34. The Kier molecular flexibility index (Phi) is 4.37. The highest BCUT2D eigenvalue weighted by atomic mass is 16.1. The first-order valence-electron chi connectivity index (χ1n) is 6.43. The number of aromatic nitrogens is 2. The highest BCUT2D eigenvalue weighted by Gasteiger charge is 2.09. The maximum absolute atomic E-state index is 12.1. The van der Waals surface area contributed by atoms with Gasteiger partial charge in [0.05, 0.1) is 0 Å². The number of nitrogens with zero attached hydrogens (tertiary/aromatic N) is 2. The molecule has 1 aromatic carbocycles. The van der Waals surface area contributed by atoms with Crippen molar-refractivity contribution >= 4 is 11.6 Å². The molecular weight excluding hydrogens is 254 g/mol. The molecule has 6 heteroatoms. The van der Waals surface area contributed by atoms with E-state index in [-0.39, 0.29) is 5.91 Å². The Bertz CT molecular complexity index is 605. The number of carbonyl (C=O) groups excluding carboxylic acids is 1. The van der Waals surface area contributed by atoms with Gasteiger partial charge in [0.1, 0.15) is 5.82 Å². The lowest BCUT2D eigenvalue weighted by Gasteiger charge is -2.09. The topological polar surface area (TPSA) is 85.0 Å². The van der Waals surface area contributed by atoms with E-state index in [1.807, 2.05) is 30.8 Å². The van der Waals surface area contributed by atoms with Crippen LogP contribution in [0.2, 0.25) is 0 Å². The molecule has 0 bridgehead atoms. The number of nitrogen functional groups attached to an aromatic ring is 1. The fourth-order valence-electron chi connectivity index (χ4n) is 2.03. The summed E-state index contributed by atoms with van der Waals surface area (Å²) in [5.41, 5.74) is 4.88. The SMILES string of the molecule is Cc1cc(NN)ccc1C(=O)NCCc1nccn1C. The standard InChI is InChI=1S/C14H19N5O/c1-10-9-11(18-15)3-4-12(10)14(20)17-6-5-13-16-7-8-19(13)2/h3-4,7-9,18H,5-6,15H2,1-2H3,(H,17,20). The predicted molar refractivity (Wildman–Crippen MR) is 78.2 cm³/mol. The van der Waals surface area contributed by atoms with Crippen molar-refractivity contribution < 1.29 is 4.79 Å². The fourth-order valence-corrected chi connectivity index (χ4v) is 2.03. The van der Waals surface area contributed by atoms with E-state index < -0.39 is 0 Å². The fraction of sp³-hybridized carbons (Fsp3) is 0.286. The van der Waals surface area contributed by atoms with Crippen LogP contribution in [-0.2, 0) is 13.5 Å². The number of hydrogen-bond donors (Lipinski definition) is 3.